The molecule has 250 valence electrons. The molecule has 1 aromatic heterocycles. The van der Waals surface area contributed by atoms with Gasteiger partial charge in [0.2, 0.25) is 0 Å². The molecule has 0 saturated heterocycles. The fourth-order valence-corrected chi connectivity index (χ4v) is 15.1. The Balaban J connectivity index is 1.40. The van der Waals surface area contributed by atoms with Crippen molar-refractivity contribution in [1.29, 1.82) is 0 Å². The first-order chi connectivity index (χ1) is 25.6. The number of nitrogens with zero attached hydrogens (tertiary/aromatic N) is 1. The molecular weight excluding hydrogens is 705 g/mol. The third kappa shape index (κ3) is 6.36. The van der Waals surface area contributed by atoms with Crippen LogP contribution in [0.3, 0.4) is 0 Å². The van der Waals surface area contributed by atoms with Gasteiger partial charge in [-0.15, -0.1) is 0 Å². The first-order valence-corrected chi connectivity index (χ1v) is 22.9. The predicted octanol–water partition coefficient (Wildman–Crippen LogP) is 9.59. The lowest BCUT2D eigenvalue weighted by atomic mass is 10.00. The molecule has 0 unspecified atom stereocenters. The zero-order valence-electron chi connectivity index (χ0n) is 28.4. The number of hydrogen-bond donors (Lipinski definition) is 0. The topological polar surface area (TPSA) is 12.9 Å². The van der Waals surface area contributed by atoms with Gasteiger partial charge in [-0.25, -0.2) is 4.98 Å². The van der Waals surface area contributed by atoms with Crippen molar-refractivity contribution in [2.24, 2.45) is 0 Å². The molecule has 52 heavy (non-hydrogen) atoms. The fourth-order valence-electron chi connectivity index (χ4n) is 6.94. The average Bonchev–Trinajstić information content (AvgIpc) is 3.24. The second kappa shape index (κ2) is 14.9. The summed E-state index contributed by atoms with van der Waals surface area (Å²) in [5.41, 5.74) is 6.07. The molecule has 0 aliphatic heterocycles. The van der Waals surface area contributed by atoms with Gasteiger partial charge in [0.1, 0.15) is 0 Å². The first kappa shape index (κ1) is 34.1. The van der Waals surface area contributed by atoms with Gasteiger partial charge in [0, 0.05) is 33.8 Å². The molecule has 1 nitrogen and oxygen atoms in total. The van der Waals surface area contributed by atoms with Crippen molar-refractivity contribution in [3.05, 3.63) is 212 Å². The normalized spacial score (nSPS) is 11.6. The van der Waals surface area contributed by atoms with Gasteiger partial charge in [0.15, 0.2) is 0 Å². The molecule has 1 heterocycles. The summed E-state index contributed by atoms with van der Waals surface area (Å²) in [4.78, 5) is 5.57. The summed E-state index contributed by atoms with van der Waals surface area (Å²) >= 11 is 13.8. The number of benzene rings is 7. The Bertz CT molecular complexity index is 2310. The molecule has 0 aliphatic rings. The molecule has 0 bridgehead atoms. The van der Waals surface area contributed by atoms with Gasteiger partial charge in [-0.05, 0) is 44.5 Å². The molecule has 8 rings (SSSR count). The van der Waals surface area contributed by atoms with Crippen LogP contribution in [-0.2, 0) is 23.6 Å². The van der Waals surface area contributed by atoms with Crippen LogP contribution >= 0.6 is 12.1 Å². The van der Waals surface area contributed by atoms with Crippen LogP contribution in [0.5, 0.6) is 0 Å². The lowest BCUT2D eigenvalue weighted by molar-refractivity contribution is 1.33. The summed E-state index contributed by atoms with van der Waals surface area (Å²) in [6.07, 6.45) is 0. The maximum atomic E-state index is 6.89. The second-order valence-corrected chi connectivity index (χ2v) is 21.3. The maximum Gasteiger partial charge on any atom is 0.0722 e. The molecular formula is C47H35NP2S2. The fraction of sp³-hybridized carbons (Fsp3) is 0. The zero-order valence-corrected chi connectivity index (χ0v) is 31.8. The van der Waals surface area contributed by atoms with Gasteiger partial charge in [0.05, 0.1) is 11.4 Å². The Hall–Kier alpha value is -5.01. The highest BCUT2D eigenvalue weighted by Crippen LogP contribution is 2.47. The second-order valence-electron chi connectivity index (χ2n) is 12.6. The summed E-state index contributed by atoms with van der Waals surface area (Å²) in [5, 5.41) is 6.86. The summed E-state index contributed by atoms with van der Waals surface area (Å²) in [6, 6.07) is 69.7. The molecule has 8 aromatic rings. The smallest absolute Gasteiger partial charge is 0.0722 e. The maximum absolute atomic E-state index is 6.89. The van der Waals surface area contributed by atoms with Crippen LogP contribution < -0.4 is 31.8 Å². The average molecular weight is 740 g/mol. The Morgan fingerprint density at radius 1 is 0.308 bits per heavy atom. The van der Waals surface area contributed by atoms with Gasteiger partial charge < -0.3 is 0 Å². The van der Waals surface area contributed by atoms with E-state index < -0.39 is 12.1 Å². The van der Waals surface area contributed by atoms with Crippen LogP contribution in [0.1, 0.15) is 0 Å². The van der Waals surface area contributed by atoms with E-state index in [9.17, 15) is 0 Å². The minimum atomic E-state index is -2.49. The monoisotopic (exact) mass is 739 g/mol. The minimum Gasteiger partial charge on any atom is -0.248 e. The van der Waals surface area contributed by atoms with E-state index >= 15 is 0 Å². The summed E-state index contributed by atoms with van der Waals surface area (Å²) in [7, 11) is 0. The number of aromatic nitrogens is 1. The molecule has 0 radical (unpaired) electrons. The van der Waals surface area contributed by atoms with Gasteiger partial charge >= 0.3 is 0 Å². The van der Waals surface area contributed by atoms with Crippen LogP contribution in [-0.4, -0.2) is 4.98 Å². The molecule has 0 fully saturated rings. The summed E-state index contributed by atoms with van der Waals surface area (Å²) in [5.74, 6) is 0. The Morgan fingerprint density at radius 3 is 0.942 bits per heavy atom. The van der Waals surface area contributed by atoms with E-state index in [1.165, 1.54) is 0 Å². The first-order valence-electron chi connectivity index (χ1n) is 17.3. The number of pyridine rings is 1. The molecule has 0 amide bonds. The van der Waals surface area contributed by atoms with E-state index in [-0.39, 0.29) is 0 Å². The van der Waals surface area contributed by atoms with E-state index in [1.807, 2.05) is 0 Å². The van der Waals surface area contributed by atoms with Crippen LogP contribution in [0, 0.1) is 0 Å². The van der Waals surface area contributed by atoms with Crippen molar-refractivity contribution in [3.8, 4) is 33.6 Å². The minimum absolute atomic E-state index is 0.885. The SMILES string of the molecule is S=P(c1ccccc1)(c1ccccc1)c1ccccc1-c1cc(-c2ccccc2)cc(-c2ccccc2P(=S)(c2ccccc2)c2ccccc2)n1. The quantitative estimate of drug-likeness (QED) is 0.137. The lowest BCUT2D eigenvalue weighted by Gasteiger charge is -2.27. The van der Waals surface area contributed by atoms with E-state index in [0.717, 1.165) is 65.5 Å². The Morgan fingerprint density at radius 2 is 0.596 bits per heavy atom. The highest BCUT2D eigenvalue weighted by atomic mass is 32.4. The van der Waals surface area contributed by atoms with E-state index in [2.05, 4.69) is 212 Å². The molecule has 0 atom stereocenters. The van der Waals surface area contributed by atoms with Crippen molar-refractivity contribution >= 4 is 67.5 Å². The highest BCUT2D eigenvalue weighted by Gasteiger charge is 2.30. The van der Waals surface area contributed by atoms with Crippen molar-refractivity contribution in [3.63, 3.8) is 0 Å². The molecule has 0 spiro atoms. The highest BCUT2D eigenvalue weighted by molar-refractivity contribution is 8.26. The number of rotatable bonds is 9. The summed E-state index contributed by atoms with van der Waals surface area (Å²) < 4.78 is 0. The van der Waals surface area contributed by atoms with Crippen LogP contribution in [0.15, 0.2) is 212 Å². The third-order valence-electron chi connectivity index (χ3n) is 9.45. The van der Waals surface area contributed by atoms with Gasteiger partial charge in [0.25, 0.3) is 0 Å². The van der Waals surface area contributed by atoms with E-state index in [4.69, 9.17) is 28.6 Å². The van der Waals surface area contributed by atoms with Crippen molar-refractivity contribution in [2.75, 3.05) is 0 Å². The third-order valence-corrected chi connectivity index (χ3v) is 19.4. The van der Waals surface area contributed by atoms with Crippen LogP contribution in [0.4, 0.5) is 0 Å². The number of hydrogen-bond acceptors (Lipinski definition) is 3. The molecule has 0 aliphatic carbocycles. The molecule has 0 saturated carbocycles. The van der Waals surface area contributed by atoms with Crippen molar-refractivity contribution in [2.45, 2.75) is 0 Å². The molecule has 0 N–H and O–H groups in total. The predicted molar refractivity (Wildman–Crippen MR) is 233 cm³/mol. The molecule has 5 heteroatoms. The lowest BCUT2D eigenvalue weighted by Crippen LogP contribution is -2.26. The zero-order chi connectivity index (χ0) is 35.4. The Kier molecular flexibility index (Phi) is 9.78. The molecule has 7 aromatic carbocycles. The van der Waals surface area contributed by atoms with Crippen molar-refractivity contribution < 1.29 is 0 Å². The standard InChI is InChI=1S/C47H35NP2S2/c51-49(38-22-8-2-9-23-38,39-24-10-3-11-25-39)46-32-18-16-30-42(46)44-34-37(36-20-6-1-7-21-36)35-45(48-44)43-31-17-19-33-47(43)50(52,40-26-12-4-13-27-40)41-28-14-5-15-29-41/h1-35H. The van der Waals surface area contributed by atoms with Crippen LogP contribution in [0.2, 0.25) is 0 Å². The largest absolute Gasteiger partial charge is 0.248 e. The summed E-state index contributed by atoms with van der Waals surface area (Å²) in [6.45, 7) is 0. The van der Waals surface area contributed by atoms with Gasteiger partial charge in [-0.3, -0.25) is 0 Å². The van der Waals surface area contributed by atoms with Crippen molar-refractivity contribution in [1.82, 2.24) is 4.98 Å². The van der Waals surface area contributed by atoms with E-state index in [0.29, 0.717) is 0 Å². The van der Waals surface area contributed by atoms with Crippen LogP contribution in [0.25, 0.3) is 33.6 Å². The Labute approximate surface area is 316 Å². The van der Waals surface area contributed by atoms with Gasteiger partial charge in [-0.2, -0.15) is 0 Å². The van der Waals surface area contributed by atoms with E-state index in [1.54, 1.807) is 0 Å². The van der Waals surface area contributed by atoms with Gasteiger partial charge in [-0.1, -0.05) is 224 Å².